The highest BCUT2D eigenvalue weighted by Crippen LogP contribution is 2.28. The summed E-state index contributed by atoms with van der Waals surface area (Å²) >= 11 is 8.17. The molecule has 86 valence electrons. The molecule has 0 saturated carbocycles. The molecule has 1 aromatic carbocycles. The van der Waals surface area contributed by atoms with Gasteiger partial charge in [-0.25, -0.2) is 0 Å². The Hall–Kier alpha value is -0.670. The van der Waals surface area contributed by atoms with Crippen LogP contribution in [0.1, 0.15) is 16.8 Å². The van der Waals surface area contributed by atoms with Gasteiger partial charge in [0.25, 0.3) is 0 Å². The standard InChI is InChI=1S/C12H14ClNOS/c13-11-8-10(9-15)2-3-12(11)14-4-1-6-16-7-5-14/h2-3,8-9H,1,4-7H2. The molecular formula is C12H14ClNOS. The van der Waals surface area contributed by atoms with Crippen LogP contribution in [0.3, 0.4) is 0 Å². The van der Waals surface area contributed by atoms with E-state index in [-0.39, 0.29) is 0 Å². The van der Waals surface area contributed by atoms with E-state index in [1.165, 1.54) is 12.2 Å². The summed E-state index contributed by atoms with van der Waals surface area (Å²) in [6.07, 6.45) is 2.02. The van der Waals surface area contributed by atoms with Gasteiger partial charge in [0.05, 0.1) is 10.7 Å². The lowest BCUT2D eigenvalue weighted by molar-refractivity contribution is 0.112. The minimum absolute atomic E-state index is 0.637. The number of halogens is 1. The van der Waals surface area contributed by atoms with Crippen molar-refractivity contribution in [3.8, 4) is 0 Å². The third-order valence-electron chi connectivity index (χ3n) is 2.67. The van der Waals surface area contributed by atoms with E-state index in [0.717, 1.165) is 30.8 Å². The van der Waals surface area contributed by atoms with Crippen molar-refractivity contribution in [2.45, 2.75) is 6.42 Å². The van der Waals surface area contributed by atoms with Crippen LogP contribution < -0.4 is 4.90 Å². The number of carbonyl (C=O) groups excluding carboxylic acids is 1. The zero-order chi connectivity index (χ0) is 11.4. The second-order valence-corrected chi connectivity index (χ2v) is 5.41. The van der Waals surface area contributed by atoms with Crippen molar-refractivity contribution in [2.24, 2.45) is 0 Å². The van der Waals surface area contributed by atoms with E-state index in [1.807, 2.05) is 23.9 Å². The quantitative estimate of drug-likeness (QED) is 0.758. The molecule has 0 atom stereocenters. The topological polar surface area (TPSA) is 20.3 Å². The van der Waals surface area contributed by atoms with E-state index < -0.39 is 0 Å². The van der Waals surface area contributed by atoms with Gasteiger partial charge < -0.3 is 4.90 Å². The first-order valence-electron chi connectivity index (χ1n) is 5.38. The first-order chi connectivity index (χ1) is 7.81. The second kappa shape index (κ2) is 5.60. The van der Waals surface area contributed by atoms with Crippen molar-refractivity contribution in [2.75, 3.05) is 29.5 Å². The summed E-state index contributed by atoms with van der Waals surface area (Å²) in [5.74, 6) is 2.37. The zero-order valence-corrected chi connectivity index (χ0v) is 10.6. The maximum atomic E-state index is 10.6. The third kappa shape index (κ3) is 2.71. The highest BCUT2D eigenvalue weighted by Gasteiger charge is 2.13. The van der Waals surface area contributed by atoms with Gasteiger partial charge in [-0.15, -0.1) is 0 Å². The molecule has 16 heavy (non-hydrogen) atoms. The summed E-state index contributed by atoms with van der Waals surface area (Å²) in [4.78, 5) is 12.9. The maximum Gasteiger partial charge on any atom is 0.150 e. The Morgan fingerprint density at radius 2 is 2.19 bits per heavy atom. The molecule has 0 amide bonds. The molecule has 1 aromatic rings. The Morgan fingerprint density at radius 1 is 1.31 bits per heavy atom. The maximum absolute atomic E-state index is 10.6. The van der Waals surface area contributed by atoms with E-state index in [0.29, 0.717) is 10.6 Å². The lowest BCUT2D eigenvalue weighted by Gasteiger charge is -2.23. The highest BCUT2D eigenvalue weighted by molar-refractivity contribution is 7.99. The lowest BCUT2D eigenvalue weighted by atomic mass is 10.2. The van der Waals surface area contributed by atoms with Crippen LogP contribution in [0.2, 0.25) is 5.02 Å². The van der Waals surface area contributed by atoms with Gasteiger partial charge in [0.2, 0.25) is 0 Å². The average Bonchev–Trinajstić information content (AvgIpc) is 2.57. The molecule has 0 spiro atoms. The number of benzene rings is 1. The predicted octanol–water partition coefficient (Wildman–Crippen LogP) is 3.10. The fourth-order valence-corrected chi connectivity index (χ4v) is 3.04. The van der Waals surface area contributed by atoms with Crippen LogP contribution >= 0.6 is 23.4 Å². The number of thioether (sulfide) groups is 1. The molecule has 0 aliphatic carbocycles. The van der Waals surface area contributed by atoms with Crippen LogP contribution in [0.5, 0.6) is 0 Å². The predicted molar refractivity (Wildman–Crippen MR) is 71.0 cm³/mol. The Labute approximate surface area is 105 Å². The third-order valence-corrected chi connectivity index (χ3v) is 4.02. The van der Waals surface area contributed by atoms with E-state index in [2.05, 4.69) is 4.90 Å². The van der Waals surface area contributed by atoms with E-state index in [9.17, 15) is 4.79 Å². The number of anilines is 1. The summed E-state index contributed by atoms with van der Waals surface area (Å²) in [5.41, 5.74) is 1.69. The Bertz CT molecular complexity index is 375. The van der Waals surface area contributed by atoms with Crippen LogP contribution in [0.15, 0.2) is 18.2 Å². The van der Waals surface area contributed by atoms with Crippen LogP contribution in [-0.2, 0) is 0 Å². The van der Waals surface area contributed by atoms with Gasteiger partial charge in [-0.3, -0.25) is 4.79 Å². The number of carbonyl (C=O) groups is 1. The van der Waals surface area contributed by atoms with Gasteiger partial charge in [0.15, 0.2) is 0 Å². The number of rotatable bonds is 2. The number of aldehydes is 1. The molecule has 1 saturated heterocycles. The molecule has 0 N–H and O–H groups in total. The molecule has 4 heteroatoms. The highest BCUT2D eigenvalue weighted by atomic mass is 35.5. The van der Waals surface area contributed by atoms with Crippen LogP contribution in [0, 0.1) is 0 Å². The van der Waals surface area contributed by atoms with Crippen molar-refractivity contribution in [1.82, 2.24) is 0 Å². The van der Waals surface area contributed by atoms with Gasteiger partial charge in [-0.2, -0.15) is 11.8 Å². The smallest absolute Gasteiger partial charge is 0.150 e. The summed E-state index contributed by atoms with van der Waals surface area (Å²) in [5, 5.41) is 0.677. The zero-order valence-electron chi connectivity index (χ0n) is 8.99. The SMILES string of the molecule is O=Cc1ccc(N2CCCSCC2)c(Cl)c1. The van der Waals surface area contributed by atoms with E-state index in [1.54, 1.807) is 6.07 Å². The molecule has 0 aromatic heterocycles. The van der Waals surface area contributed by atoms with Gasteiger partial charge in [-0.1, -0.05) is 11.6 Å². The van der Waals surface area contributed by atoms with Crippen LogP contribution in [0.4, 0.5) is 5.69 Å². The van der Waals surface area contributed by atoms with Gasteiger partial charge in [-0.05, 0) is 30.4 Å². The molecule has 1 heterocycles. The largest absolute Gasteiger partial charge is 0.369 e. The lowest BCUT2D eigenvalue weighted by Crippen LogP contribution is -2.25. The normalized spacial score (nSPS) is 16.9. The summed E-state index contributed by atoms with van der Waals surface area (Å²) < 4.78 is 0. The molecule has 0 bridgehead atoms. The van der Waals surface area contributed by atoms with Gasteiger partial charge in [0.1, 0.15) is 6.29 Å². The van der Waals surface area contributed by atoms with Crippen LogP contribution in [-0.4, -0.2) is 30.9 Å². The minimum Gasteiger partial charge on any atom is -0.369 e. The van der Waals surface area contributed by atoms with Crippen molar-refractivity contribution >= 4 is 35.3 Å². The van der Waals surface area contributed by atoms with Crippen molar-refractivity contribution < 1.29 is 4.79 Å². The van der Waals surface area contributed by atoms with E-state index >= 15 is 0 Å². The second-order valence-electron chi connectivity index (χ2n) is 3.78. The molecule has 0 radical (unpaired) electrons. The summed E-state index contributed by atoms with van der Waals surface area (Å²) in [6.45, 7) is 2.08. The summed E-state index contributed by atoms with van der Waals surface area (Å²) in [7, 11) is 0. The van der Waals surface area contributed by atoms with Crippen molar-refractivity contribution in [1.29, 1.82) is 0 Å². The van der Waals surface area contributed by atoms with Crippen molar-refractivity contribution in [3.05, 3.63) is 28.8 Å². The molecule has 1 aliphatic heterocycles. The first-order valence-corrected chi connectivity index (χ1v) is 6.92. The Balaban J connectivity index is 2.21. The van der Waals surface area contributed by atoms with Gasteiger partial charge in [0, 0.05) is 24.4 Å². The fraction of sp³-hybridized carbons (Fsp3) is 0.417. The molecular weight excluding hydrogens is 242 g/mol. The van der Waals surface area contributed by atoms with Gasteiger partial charge >= 0.3 is 0 Å². The Kier molecular flexibility index (Phi) is 4.13. The van der Waals surface area contributed by atoms with E-state index in [4.69, 9.17) is 11.6 Å². The minimum atomic E-state index is 0.637. The monoisotopic (exact) mass is 255 g/mol. The molecule has 0 unspecified atom stereocenters. The molecule has 2 rings (SSSR count). The number of hydrogen-bond acceptors (Lipinski definition) is 3. The average molecular weight is 256 g/mol. The van der Waals surface area contributed by atoms with Crippen LogP contribution in [0.25, 0.3) is 0 Å². The first kappa shape index (κ1) is 11.8. The summed E-state index contributed by atoms with van der Waals surface area (Å²) in [6, 6.07) is 5.51. The number of hydrogen-bond donors (Lipinski definition) is 0. The Morgan fingerprint density at radius 3 is 2.94 bits per heavy atom. The molecule has 1 fully saturated rings. The van der Waals surface area contributed by atoms with Crippen molar-refractivity contribution in [3.63, 3.8) is 0 Å². The molecule has 1 aliphatic rings. The number of nitrogens with zero attached hydrogens (tertiary/aromatic N) is 1. The fourth-order valence-electron chi connectivity index (χ4n) is 1.84. The molecule has 2 nitrogen and oxygen atoms in total.